The average molecular weight is 255 g/mol. The second kappa shape index (κ2) is 4.85. The number of likely N-dealkylation sites (N-methyl/N-ethyl adjacent to an activating group) is 1. The Labute approximate surface area is 111 Å². The third-order valence-electron chi connectivity index (χ3n) is 3.38. The van der Waals surface area contributed by atoms with E-state index < -0.39 is 0 Å². The minimum Gasteiger partial charge on any atom is -0.313 e. The summed E-state index contributed by atoms with van der Waals surface area (Å²) in [5.74, 6) is 0. The molecular weight excluding hydrogens is 238 g/mol. The van der Waals surface area contributed by atoms with Crippen molar-refractivity contribution in [1.29, 1.82) is 0 Å². The highest BCUT2D eigenvalue weighted by Gasteiger charge is 2.15. The van der Waals surface area contributed by atoms with Crippen molar-refractivity contribution in [2.75, 3.05) is 7.05 Å². The van der Waals surface area contributed by atoms with Crippen molar-refractivity contribution < 1.29 is 0 Å². The quantitative estimate of drug-likeness (QED) is 0.770. The third-order valence-corrected chi connectivity index (χ3v) is 3.38. The molecule has 0 bridgehead atoms. The maximum Gasteiger partial charge on any atom is 0.0709 e. The van der Waals surface area contributed by atoms with Crippen molar-refractivity contribution in [2.24, 2.45) is 7.05 Å². The normalized spacial score (nSPS) is 12.9. The van der Waals surface area contributed by atoms with Crippen molar-refractivity contribution >= 4 is 5.52 Å². The van der Waals surface area contributed by atoms with Crippen LogP contribution >= 0.6 is 0 Å². The van der Waals surface area contributed by atoms with Crippen LogP contribution in [0.15, 0.2) is 43.0 Å². The summed E-state index contributed by atoms with van der Waals surface area (Å²) >= 11 is 0. The number of rotatable bonds is 4. The summed E-state index contributed by atoms with van der Waals surface area (Å²) < 4.78 is 3.74. The van der Waals surface area contributed by atoms with Gasteiger partial charge in [0.1, 0.15) is 0 Å². The SMILES string of the molecule is CNC(Cc1cnn(C)c1)c1cnn2ccccc12. The first kappa shape index (κ1) is 11.9. The Morgan fingerprint density at radius 2 is 2.16 bits per heavy atom. The number of hydrogen-bond acceptors (Lipinski definition) is 3. The van der Waals surface area contributed by atoms with Crippen LogP contribution in [0.3, 0.4) is 0 Å². The summed E-state index contributed by atoms with van der Waals surface area (Å²) in [5, 5.41) is 12.0. The molecule has 0 amide bonds. The highest BCUT2D eigenvalue weighted by molar-refractivity contribution is 5.55. The van der Waals surface area contributed by atoms with Gasteiger partial charge in [0.15, 0.2) is 0 Å². The first-order valence-corrected chi connectivity index (χ1v) is 6.35. The number of fused-ring (bicyclic) bond motifs is 1. The Morgan fingerprint density at radius 3 is 2.89 bits per heavy atom. The van der Waals surface area contributed by atoms with Crippen LogP contribution in [-0.2, 0) is 13.5 Å². The summed E-state index contributed by atoms with van der Waals surface area (Å²) in [6.07, 6.45) is 8.77. The van der Waals surface area contributed by atoms with E-state index >= 15 is 0 Å². The van der Waals surface area contributed by atoms with Crippen LogP contribution in [0.25, 0.3) is 5.52 Å². The van der Waals surface area contributed by atoms with E-state index in [0.717, 1.165) is 11.9 Å². The molecule has 3 rings (SSSR count). The molecule has 0 aliphatic heterocycles. The van der Waals surface area contributed by atoms with Crippen molar-refractivity contribution in [3.05, 3.63) is 54.1 Å². The van der Waals surface area contributed by atoms with Crippen LogP contribution in [0.4, 0.5) is 0 Å². The number of nitrogens with zero attached hydrogens (tertiary/aromatic N) is 4. The molecule has 5 heteroatoms. The molecule has 1 atom stereocenters. The van der Waals surface area contributed by atoms with E-state index in [-0.39, 0.29) is 6.04 Å². The zero-order valence-corrected chi connectivity index (χ0v) is 11.1. The topological polar surface area (TPSA) is 47.2 Å². The Hall–Kier alpha value is -2.14. The first-order chi connectivity index (χ1) is 9.28. The van der Waals surface area contributed by atoms with Gasteiger partial charge < -0.3 is 5.32 Å². The van der Waals surface area contributed by atoms with Crippen LogP contribution in [0, 0.1) is 0 Å². The summed E-state index contributed by atoms with van der Waals surface area (Å²) in [5.41, 5.74) is 3.58. The fourth-order valence-electron chi connectivity index (χ4n) is 2.40. The molecule has 0 aliphatic rings. The van der Waals surface area contributed by atoms with E-state index in [1.807, 2.05) is 54.0 Å². The van der Waals surface area contributed by atoms with Gasteiger partial charge in [0, 0.05) is 31.0 Å². The van der Waals surface area contributed by atoms with Crippen LogP contribution in [0.2, 0.25) is 0 Å². The largest absolute Gasteiger partial charge is 0.313 e. The van der Waals surface area contributed by atoms with Gasteiger partial charge >= 0.3 is 0 Å². The number of nitrogens with one attached hydrogen (secondary N) is 1. The van der Waals surface area contributed by atoms with E-state index in [1.165, 1.54) is 11.1 Å². The smallest absolute Gasteiger partial charge is 0.0709 e. The molecule has 19 heavy (non-hydrogen) atoms. The molecular formula is C14H17N5. The van der Waals surface area contributed by atoms with Gasteiger partial charge in [-0.05, 0) is 31.2 Å². The highest BCUT2D eigenvalue weighted by atomic mass is 15.2. The van der Waals surface area contributed by atoms with E-state index in [2.05, 4.69) is 27.8 Å². The van der Waals surface area contributed by atoms with Crippen molar-refractivity contribution in [2.45, 2.75) is 12.5 Å². The van der Waals surface area contributed by atoms with Crippen LogP contribution in [-0.4, -0.2) is 26.4 Å². The van der Waals surface area contributed by atoms with E-state index in [4.69, 9.17) is 0 Å². The summed E-state index contributed by atoms with van der Waals surface area (Å²) in [6, 6.07) is 6.36. The van der Waals surface area contributed by atoms with E-state index in [0.29, 0.717) is 0 Å². The fourth-order valence-corrected chi connectivity index (χ4v) is 2.40. The molecule has 0 fully saturated rings. The number of hydrogen-bond donors (Lipinski definition) is 1. The Balaban J connectivity index is 1.93. The van der Waals surface area contributed by atoms with Gasteiger partial charge in [-0.25, -0.2) is 4.52 Å². The maximum absolute atomic E-state index is 4.39. The van der Waals surface area contributed by atoms with Gasteiger partial charge in [-0.3, -0.25) is 4.68 Å². The standard InChI is InChI=1S/C14H17N5/c1-15-13(7-11-8-16-18(2)10-11)12-9-17-19-6-4-3-5-14(12)19/h3-6,8-10,13,15H,7H2,1-2H3. The highest BCUT2D eigenvalue weighted by Crippen LogP contribution is 2.22. The predicted octanol–water partition coefficient (Wildman–Crippen LogP) is 1.57. The molecule has 0 saturated heterocycles. The molecule has 0 aromatic carbocycles. The Kier molecular flexibility index (Phi) is 3.05. The lowest BCUT2D eigenvalue weighted by Gasteiger charge is -2.14. The number of aromatic nitrogens is 4. The molecule has 1 N–H and O–H groups in total. The number of pyridine rings is 1. The van der Waals surface area contributed by atoms with Gasteiger partial charge in [0.2, 0.25) is 0 Å². The molecule has 0 aliphatic carbocycles. The van der Waals surface area contributed by atoms with Gasteiger partial charge in [-0.2, -0.15) is 10.2 Å². The number of aryl methyl sites for hydroxylation is 1. The Bertz CT molecular complexity index is 682. The van der Waals surface area contributed by atoms with Crippen molar-refractivity contribution in [3.8, 4) is 0 Å². The average Bonchev–Trinajstić information content (AvgIpc) is 3.02. The minimum atomic E-state index is 0.240. The molecule has 0 saturated carbocycles. The lowest BCUT2D eigenvalue weighted by molar-refractivity contribution is 0.595. The van der Waals surface area contributed by atoms with Crippen LogP contribution in [0.1, 0.15) is 17.2 Å². The van der Waals surface area contributed by atoms with Gasteiger partial charge in [-0.15, -0.1) is 0 Å². The van der Waals surface area contributed by atoms with Gasteiger partial charge in [0.25, 0.3) is 0 Å². The fraction of sp³-hybridized carbons (Fsp3) is 0.286. The van der Waals surface area contributed by atoms with Crippen molar-refractivity contribution in [1.82, 2.24) is 24.7 Å². The lowest BCUT2D eigenvalue weighted by Crippen LogP contribution is -2.18. The molecule has 0 spiro atoms. The maximum atomic E-state index is 4.39. The molecule has 5 nitrogen and oxygen atoms in total. The van der Waals surface area contributed by atoms with E-state index in [1.54, 1.807) is 0 Å². The first-order valence-electron chi connectivity index (χ1n) is 6.35. The second-order valence-electron chi connectivity index (χ2n) is 4.70. The molecule has 3 heterocycles. The monoisotopic (exact) mass is 255 g/mol. The third kappa shape index (κ3) is 2.24. The molecule has 3 aromatic heterocycles. The van der Waals surface area contributed by atoms with Gasteiger partial charge in [-0.1, -0.05) is 6.07 Å². The molecule has 1 unspecified atom stereocenters. The van der Waals surface area contributed by atoms with E-state index in [9.17, 15) is 0 Å². The van der Waals surface area contributed by atoms with Crippen LogP contribution in [0.5, 0.6) is 0 Å². The summed E-state index contributed by atoms with van der Waals surface area (Å²) in [6.45, 7) is 0. The van der Waals surface area contributed by atoms with Crippen LogP contribution < -0.4 is 5.32 Å². The minimum absolute atomic E-state index is 0.240. The van der Waals surface area contributed by atoms with Crippen molar-refractivity contribution in [3.63, 3.8) is 0 Å². The summed E-state index contributed by atoms with van der Waals surface area (Å²) in [7, 11) is 3.92. The molecule has 98 valence electrons. The molecule has 0 radical (unpaired) electrons. The zero-order valence-electron chi connectivity index (χ0n) is 11.1. The summed E-state index contributed by atoms with van der Waals surface area (Å²) in [4.78, 5) is 0. The lowest BCUT2D eigenvalue weighted by atomic mass is 10.0. The van der Waals surface area contributed by atoms with Gasteiger partial charge in [0.05, 0.1) is 17.9 Å². The zero-order chi connectivity index (χ0) is 13.2. The predicted molar refractivity (Wildman–Crippen MR) is 73.9 cm³/mol. The molecule has 3 aromatic rings. The second-order valence-corrected chi connectivity index (χ2v) is 4.70. The Morgan fingerprint density at radius 1 is 1.26 bits per heavy atom.